The molecule has 36 heavy (non-hydrogen) atoms. The summed E-state index contributed by atoms with van der Waals surface area (Å²) in [7, 11) is 0. The molecular formula is C27H43N3O5S. The molecule has 2 unspecified atom stereocenters. The molecule has 1 aromatic rings. The molecule has 0 aromatic heterocycles. The van der Waals surface area contributed by atoms with Crippen LogP contribution in [0.2, 0.25) is 0 Å². The van der Waals surface area contributed by atoms with E-state index in [4.69, 9.17) is 4.74 Å². The Morgan fingerprint density at radius 2 is 1.67 bits per heavy atom. The number of hydrogen-bond donors (Lipinski definition) is 4. The molecule has 202 valence electrons. The maximum absolute atomic E-state index is 14.0. The summed E-state index contributed by atoms with van der Waals surface area (Å²) in [6.45, 7) is 11.0. The van der Waals surface area contributed by atoms with Gasteiger partial charge in [-0.3, -0.25) is 9.59 Å². The predicted octanol–water partition coefficient (Wildman–Crippen LogP) is 4.72. The predicted molar refractivity (Wildman–Crippen MR) is 144 cm³/mol. The molecule has 0 saturated heterocycles. The number of phenols is 1. The van der Waals surface area contributed by atoms with Crippen molar-refractivity contribution in [1.29, 1.82) is 0 Å². The van der Waals surface area contributed by atoms with E-state index in [2.05, 4.69) is 23.3 Å². The van der Waals surface area contributed by atoms with Gasteiger partial charge in [0.15, 0.2) is 0 Å². The Morgan fingerprint density at radius 1 is 1.08 bits per heavy atom. The maximum Gasteiger partial charge on any atom is 0.408 e. The van der Waals surface area contributed by atoms with E-state index in [0.717, 1.165) is 32.1 Å². The van der Waals surface area contributed by atoms with Crippen molar-refractivity contribution < 1.29 is 24.2 Å². The number of thiol groups is 1. The molecule has 0 radical (unpaired) electrons. The highest BCUT2D eigenvalue weighted by Gasteiger charge is 2.43. The molecule has 0 heterocycles. The normalized spacial score (nSPS) is 16.5. The Balaban J connectivity index is 2.48. The monoisotopic (exact) mass is 521 g/mol. The molecule has 0 bridgehead atoms. The van der Waals surface area contributed by atoms with Gasteiger partial charge in [0.25, 0.3) is 0 Å². The molecule has 1 aliphatic rings. The van der Waals surface area contributed by atoms with E-state index in [1.165, 1.54) is 12.1 Å². The van der Waals surface area contributed by atoms with Gasteiger partial charge in [-0.2, -0.15) is 12.6 Å². The highest BCUT2D eigenvalue weighted by Crippen LogP contribution is 2.33. The molecule has 0 aliphatic heterocycles. The summed E-state index contributed by atoms with van der Waals surface area (Å²) in [5, 5.41) is 15.7. The highest BCUT2D eigenvalue weighted by molar-refractivity contribution is 7.80. The van der Waals surface area contributed by atoms with Crippen LogP contribution in [-0.4, -0.2) is 56.9 Å². The Labute approximate surface area is 220 Å². The lowest BCUT2D eigenvalue weighted by atomic mass is 9.91. The SMILES string of the molecule is CCC(C)(C)N(C(=O)C(CS)NC(=O)OC(C)(C)C)C(C(=O)NC1CCCCC1)c1ccc(O)cc1. The first-order valence-corrected chi connectivity index (χ1v) is 13.4. The second-order valence-corrected chi connectivity index (χ2v) is 11.5. The van der Waals surface area contributed by atoms with E-state index >= 15 is 0 Å². The van der Waals surface area contributed by atoms with Crippen LogP contribution in [0.25, 0.3) is 0 Å². The first-order chi connectivity index (χ1) is 16.8. The van der Waals surface area contributed by atoms with Crippen LogP contribution < -0.4 is 10.6 Å². The molecule has 8 nitrogen and oxygen atoms in total. The van der Waals surface area contributed by atoms with Crippen LogP contribution in [0.5, 0.6) is 5.75 Å². The average Bonchev–Trinajstić information content (AvgIpc) is 2.80. The minimum absolute atomic E-state index is 0.0287. The number of amides is 3. The molecule has 1 saturated carbocycles. The zero-order valence-corrected chi connectivity index (χ0v) is 23.4. The Bertz CT molecular complexity index is 892. The standard InChI is InChI=1S/C27H43N3O5S/c1-7-27(5,6)30(24(33)21(17-36)29-25(34)35-26(2,3)4)22(18-13-15-20(31)16-14-18)23(32)28-19-11-9-8-10-12-19/h13-16,19,21-22,31,36H,7-12,17H2,1-6H3,(H,28,32)(H,29,34). The highest BCUT2D eigenvalue weighted by atomic mass is 32.1. The topological polar surface area (TPSA) is 108 Å². The van der Waals surface area contributed by atoms with E-state index in [1.807, 2.05) is 20.8 Å². The maximum atomic E-state index is 14.0. The van der Waals surface area contributed by atoms with Crippen molar-refractivity contribution in [3.05, 3.63) is 29.8 Å². The van der Waals surface area contributed by atoms with Crippen LogP contribution in [0, 0.1) is 0 Å². The number of rotatable bonds is 9. The number of ether oxygens (including phenoxy) is 1. The molecule has 0 spiro atoms. The van der Waals surface area contributed by atoms with E-state index in [1.54, 1.807) is 37.8 Å². The lowest BCUT2D eigenvalue weighted by molar-refractivity contribution is -0.149. The summed E-state index contributed by atoms with van der Waals surface area (Å²) in [5.74, 6) is -0.615. The van der Waals surface area contributed by atoms with Crippen LogP contribution in [0.4, 0.5) is 4.79 Å². The molecule has 1 aliphatic carbocycles. The summed E-state index contributed by atoms with van der Waals surface area (Å²) >= 11 is 4.34. The molecule has 3 N–H and O–H groups in total. The molecule has 1 fully saturated rings. The first-order valence-electron chi connectivity index (χ1n) is 12.8. The van der Waals surface area contributed by atoms with E-state index < -0.39 is 35.2 Å². The van der Waals surface area contributed by atoms with Gasteiger partial charge in [0.05, 0.1) is 0 Å². The lowest BCUT2D eigenvalue weighted by Gasteiger charge is -2.45. The minimum Gasteiger partial charge on any atom is -0.508 e. The van der Waals surface area contributed by atoms with Crippen molar-refractivity contribution >= 4 is 30.5 Å². The quantitative estimate of drug-likeness (QED) is 0.352. The van der Waals surface area contributed by atoms with Crippen LogP contribution >= 0.6 is 12.6 Å². The van der Waals surface area contributed by atoms with Gasteiger partial charge in [0.2, 0.25) is 11.8 Å². The van der Waals surface area contributed by atoms with Gasteiger partial charge in [-0.05, 0) is 71.6 Å². The van der Waals surface area contributed by atoms with Crippen LogP contribution in [0.1, 0.15) is 91.7 Å². The Hall–Kier alpha value is -2.42. The lowest BCUT2D eigenvalue weighted by Crippen LogP contribution is -2.60. The van der Waals surface area contributed by atoms with Crippen molar-refractivity contribution in [2.45, 2.75) is 109 Å². The van der Waals surface area contributed by atoms with Crippen molar-refractivity contribution in [2.24, 2.45) is 0 Å². The van der Waals surface area contributed by atoms with Crippen molar-refractivity contribution in [3.63, 3.8) is 0 Å². The number of nitrogens with zero attached hydrogens (tertiary/aromatic N) is 1. The van der Waals surface area contributed by atoms with Crippen LogP contribution in [-0.2, 0) is 14.3 Å². The number of nitrogens with one attached hydrogen (secondary N) is 2. The summed E-state index contributed by atoms with van der Waals surface area (Å²) in [4.78, 5) is 41.9. The smallest absolute Gasteiger partial charge is 0.408 e. The van der Waals surface area contributed by atoms with Gasteiger partial charge in [-0.15, -0.1) is 0 Å². The number of carbonyl (C=O) groups excluding carboxylic acids is 3. The van der Waals surface area contributed by atoms with Crippen molar-refractivity contribution in [2.75, 3.05) is 5.75 Å². The molecular weight excluding hydrogens is 478 g/mol. The van der Waals surface area contributed by atoms with Gasteiger partial charge >= 0.3 is 6.09 Å². The molecule has 2 rings (SSSR count). The Kier molecular flexibility index (Phi) is 10.5. The van der Waals surface area contributed by atoms with Crippen LogP contribution in [0.3, 0.4) is 0 Å². The molecule has 1 aromatic carbocycles. The number of phenolic OH excluding ortho intramolecular Hbond substituents is 1. The van der Waals surface area contributed by atoms with Gasteiger partial charge in [0.1, 0.15) is 23.4 Å². The largest absolute Gasteiger partial charge is 0.508 e. The summed E-state index contributed by atoms with van der Waals surface area (Å²) in [6, 6.07) is 4.41. The van der Waals surface area contributed by atoms with Crippen molar-refractivity contribution in [3.8, 4) is 5.75 Å². The fourth-order valence-electron chi connectivity index (χ4n) is 4.35. The summed E-state index contributed by atoms with van der Waals surface area (Å²) < 4.78 is 5.36. The van der Waals surface area contributed by atoms with Crippen LogP contribution in [0.15, 0.2) is 24.3 Å². The van der Waals surface area contributed by atoms with Gasteiger partial charge in [-0.1, -0.05) is 38.3 Å². The number of benzene rings is 1. The Morgan fingerprint density at radius 3 is 2.17 bits per heavy atom. The first kappa shape index (κ1) is 29.8. The minimum atomic E-state index is -1.00. The zero-order chi connectivity index (χ0) is 27.1. The third kappa shape index (κ3) is 8.32. The van der Waals surface area contributed by atoms with Gasteiger partial charge in [0, 0.05) is 17.3 Å². The fourth-order valence-corrected chi connectivity index (χ4v) is 4.60. The number of aromatic hydroxyl groups is 1. The average molecular weight is 522 g/mol. The summed E-state index contributed by atoms with van der Waals surface area (Å²) in [6.07, 6.45) is 4.91. The van der Waals surface area contributed by atoms with Gasteiger partial charge < -0.3 is 25.4 Å². The summed E-state index contributed by atoms with van der Waals surface area (Å²) in [5.41, 5.74) is -0.892. The third-order valence-electron chi connectivity index (χ3n) is 6.59. The molecule has 9 heteroatoms. The number of hydrogen-bond acceptors (Lipinski definition) is 6. The van der Waals surface area contributed by atoms with E-state index in [-0.39, 0.29) is 23.5 Å². The number of alkyl carbamates (subject to hydrolysis) is 1. The van der Waals surface area contributed by atoms with E-state index in [9.17, 15) is 19.5 Å². The molecule has 2 atom stereocenters. The number of carbonyl (C=O) groups is 3. The van der Waals surface area contributed by atoms with E-state index in [0.29, 0.717) is 12.0 Å². The van der Waals surface area contributed by atoms with Gasteiger partial charge in [-0.25, -0.2) is 4.79 Å². The third-order valence-corrected chi connectivity index (χ3v) is 6.96. The van der Waals surface area contributed by atoms with Crippen molar-refractivity contribution in [1.82, 2.24) is 15.5 Å². The fraction of sp³-hybridized carbons (Fsp3) is 0.667. The second-order valence-electron chi connectivity index (χ2n) is 11.1. The zero-order valence-electron chi connectivity index (χ0n) is 22.5. The second kappa shape index (κ2) is 12.7. The molecule has 3 amide bonds.